The highest BCUT2D eigenvalue weighted by Gasteiger charge is 2.42. The van der Waals surface area contributed by atoms with Gasteiger partial charge >= 0.3 is 5.97 Å². The zero-order chi connectivity index (χ0) is 14.3. The summed E-state index contributed by atoms with van der Waals surface area (Å²) in [5.74, 6) is -0.960. The standard InChI is InChI=1S/C13H23NO5/c1-18-8-4-6-13(12(16)17)5-3-7-14(10-13)11(15)9-19-2/h3-10H2,1-2H3,(H,16,17)/t13-/m0/s1. The number of nitrogens with zero attached hydrogens (tertiary/aromatic N) is 1. The lowest BCUT2D eigenvalue weighted by Crippen LogP contribution is -2.50. The lowest BCUT2D eigenvalue weighted by Gasteiger charge is -2.40. The van der Waals surface area contributed by atoms with Crippen LogP contribution in [0.4, 0.5) is 0 Å². The molecule has 0 aromatic carbocycles. The van der Waals surface area contributed by atoms with Crippen LogP contribution in [0.25, 0.3) is 0 Å². The maximum atomic E-state index is 11.8. The van der Waals surface area contributed by atoms with E-state index in [0.29, 0.717) is 32.4 Å². The van der Waals surface area contributed by atoms with Gasteiger partial charge in [0.25, 0.3) is 0 Å². The molecule has 1 heterocycles. The van der Waals surface area contributed by atoms with Crippen LogP contribution in [0.2, 0.25) is 0 Å². The number of carboxylic acids is 1. The number of carbonyl (C=O) groups excluding carboxylic acids is 1. The molecule has 0 spiro atoms. The SMILES string of the molecule is COCCC[C@@]1(C(=O)O)CCCN(C(=O)COC)C1. The first-order valence-electron chi connectivity index (χ1n) is 6.55. The summed E-state index contributed by atoms with van der Waals surface area (Å²) in [5, 5.41) is 9.51. The third kappa shape index (κ3) is 4.18. The smallest absolute Gasteiger partial charge is 0.311 e. The lowest BCUT2D eigenvalue weighted by atomic mass is 9.76. The number of piperidine rings is 1. The topological polar surface area (TPSA) is 76.1 Å². The Balaban J connectivity index is 2.69. The number of hydrogen-bond donors (Lipinski definition) is 1. The predicted octanol–water partition coefficient (Wildman–Crippen LogP) is 0.753. The highest BCUT2D eigenvalue weighted by molar-refractivity contribution is 5.80. The molecule has 0 aromatic heterocycles. The van der Waals surface area contributed by atoms with Gasteiger partial charge in [-0.25, -0.2) is 0 Å². The average molecular weight is 273 g/mol. The molecule has 0 aliphatic carbocycles. The fourth-order valence-corrected chi connectivity index (χ4v) is 2.60. The van der Waals surface area contributed by atoms with E-state index in [1.54, 1.807) is 12.0 Å². The van der Waals surface area contributed by atoms with Crippen LogP contribution in [-0.2, 0) is 19.1 Å². The van der Waals surface area contributed by atoms with Gasteiger partial charge in [-0.15, -0.1) is 0 Å². The molecule has 1 saturated heterocycles. The molecule has 19 heavy (non-hydrogen) atoms. The molecule has 1 fully saturated rings. The Morgan fingerprint density at radius 3 is 2.63 bits per heavy atom. The number of carboxylic acid groups (broad SMARTS) is 1. The Hall–Kier alpha value is -1.14. The number of ether oxygens (including phenoxy) is 2. The van der Waals surface area contributed by atoms with E-state index in [9.17, 15) is 14.7 Å². The minimum Gasteiger partial charge on any atom is -0.481 e. The maximum absolute atomic E-state index is 11.8. The zero-order valence-corrected chi connectivity index (χ0v) is 11.7. The van der Waals surface area contributed by atoms with Crippen molar-refractivity contribution < 1.29 is 24.2 Å². The number of methoxy groups -OCH3 is 2. The van der Waals surface area contributed by atoms with Crippen molar-refractivity contribution in [2.24, 2.45) is 5.41 Å². The fraction of sp³-hybridized carbons (Fsp3) is 0.846. The monoisotopic (exact) mass is 273 g/mol. The summed E-state index contributed by atoms with van der Waals surface area (Å²) in [5.41, 5.74) is -0.833. The Bertz CT molecular complexity index is 320. The molecule has 1 rings (SSSR count). The highest BCUT2D eigenvalue weighted by atomic mass is 16.5. The van der Waals surface area contributed by atoms with Crippen molar-refractivity contribution in [2.75, 3.05) is 40.5 Å². The van der Waals surface area contributed by atoms with Gasteiger partial charge in [0.1, 0.15) is 6.61 Å². The molecule has 1 amide bonds. The van der Waals surface area contributed by atoms with Crippen LogP contribution in [-0.4, -0.2) is 62.4 Å². The number of likely N-dealkylation sites (tertiary alicyclic amines) is 1. The van der Waals surface area contributed by atoms with Crippen LogP contribution in [0, 0.1) is 5.41 Å². The lowest BCUT2D eigenvalue weighted by molar-refractivity contribution is -0.156. The van der Waals surface area contributed by atoms with E-state index in [0.717, 1.165) is 6.42 Å². The Morgan fingerprint density at radius 2 is 2.05 bits per heavy atom. The molecule has 0 saturated carbocycles. The molecule has 0 aromatic rings. The molecule has 1 N–H and O–H groups in total. The first-order chi connectivity index (χ1) is 9.05. The number of carbonyl (C=O) groups is 2. The molecule has 110 valence electrons. The van der Waals surface area contributed by atoms with Gasteiger partial charge in [-0.1, -0.05) is 0 Å². The van der Waals surface area contributed by atoms with E-state index in [2.05, 4.69) is 0 Å². The van der Waals surface area contributed by atoms with E-state index in [1.165, 1.54) is 7.11 Å². The van der Waals surface area contributed by atoms with Crippen molar-refractivity contribution in [1.82, 2.24) is 4.90 Å². The summed E-state index contributed by atoms with van der Waals surface area (Å²) in [7, 11) is 3.06. The molecule has 1 atom stereocenters. The van der Waals surface area contributed by atoms with Crippen LogP contribution < -0.4 is 0 Å². The summed E-state index contributed by atoms with van der Waals surface area (Å²) in [6.07, 6.45) is 2.56. The van der Waals surface area contributed by atoms with Crippen molar-refractivity contribution >= 4 is 11.9 Å². The van der Waals surface area contributed by atoms with Gasteiger partial charge in [0.05, 0.1) is 5.41 Å². The molecule has 1 aliphatic heterocycles. The second-order valence-corrected chi connectivity index (χ2v) is 5.03. The van der Waals surface area contributed by atoms with Gasteiger partial charge in [-0.2, -0.15) is 0 Å². The summed E-state index contributed by atoms with van der Waals surface area (Å²) in [6.45, 7) is 1.44. The quantitative estimate of drug-likeness (QED) is 0.693. The van der Waals surface area contributed by atoms with Gasteiger partial charge in [0.2, 0.25) is 5.91 Å². The third-order valence-corrected chi connectivity index (χ3v) is 3.65. The van der Waals surface area contributed by atoms with E-state index in [-0.39, 0.29) is 19.1 Å². The van der Waals surface area contributed by atoms with Crippen molar-refractivity contribution in [3.8, 4) is 0 Å². The van der Waals surface area contributed by atoms with E-state index in [4.69, 9.17) is 9.47 Å². The van der Waals surface area contributed by atoms with Gasteiger partial charge in [-0.3, -0.25) is 9.59 Å². The largest absolute Gasteiger partial charge is 0.481 e. The minimum atomic E-state index is -0.833. The summed E-state index contributed by atoms with van der Waals surface area (Å²) in [6, 6.07) is 0. The normalized spacial score (nSPS) is 23.4. The van der Waals surface area contributed by atoms with Gasteiger partial charge < -0.3 is 19.5 Å². The molecule has 6 nitrogen and oxygen atoms in total. The van der Waals surface area contributed by atoms with Crippen LogP contribution in [0.3, 0.4) is 0 Å². The number of hydrogen-bond acceptors (Lipinski definition) is 4. The Kier molecular flexibility index (Phi) is 6.24. The van der Waals surface area contributed by atoms with Gasteiger partial charge in [-0.05, 0) is 25.7 Å². The first-order valence-corrected chi connectivity index (χ1v) is 6.55. The average Bonchev–Trinajstić information content (AvgIpc) is 2.39. The molecule has 0 unspecified atom stereocenters. The number of aliphatic carboxylic acids is 1. The molecular weight excluding hydrogens is 250 g/mol. The Labute approximate surface area is 113 Å². The fourth-order valence-electron chi connectivity index (χ4n) is 2.60. The molecule has 0 bridgehead atoms. The summed E-state index contributed by atoms with van der Waals surface area (Å²) in [4.78, 5) is 25.0. The summed E-state index contributed by atoms with van der Waals surface area (Å²) < 4.78 is 9.80. The van der Waals surface area contributed by atoms with Crippen LogP contribution in [0.5, 0.6) is 0 Å². The highest BCUT2D eigenvalue weighted by Crippen LogP contribution is 2.35. The zero-order valence-electron chi connectivity index (χ0n) is 11.7. The van der Waals surface area contributed by atoms with Crippen molar-refractivity contribution in [1.29, 1.82) is 0 Å². The van der Waals surface area contributed by atoms with Crippen LogP contribution in [0.1, 0.15) is 25.7 Å². The minimum absolute atomic E-state index is 0.00771. The van der Waals surface area contributed by atoms with Gasteiger partial charge in [0.15, 0.2) is 0 Å². The molecule has 1 aliphatic rings. The first kappa shape index (κ1) is 15.9. The number of amides is 1. The molecular formula is C13H23NO5. The number of rotatable bonds is 7. The van der Waals surface area contributed by atoms with E-state index >= 15 is 0 Å². The molecule has 0 radical (unpaired) electrons. The van der Waals surface area contributed by atoms with E-state index < -0.39 is 11.4 Å². The van der Waals surface area contributed by atoms with Crippen LogP contribution >= 0.6 is 0 Å². The Morgan fingerprint density at radius 1 is 1.32 bits per heavy atom. The maximum Gasteiger partial charge on any atom is 0.311 e. The van der Waals surface area contributed by atoms with Crippen molar-refractivity contribution in [3.63, 3.8) is 0 Å². The summed E-state index contributed by atoms with van der Waals surface area (Å²) >= 11 is 0. The van der Waals surface area contributed by atoms with Crippen LogP contribution in [0.15, 0.2) is 0 Å². The van der Waals surface area contributed by atoms with E-state index in [1.807, 2.05) is 0 Å². The second kappa shape index (κ2) is 7.45. The second-order valence-electron chi connectivity index (χ2n) is 5.03. The third-order valence-electron chi connectivity index (χ3n) is 3.65. The predicted molar refractivity (Wildman–Crippen MR) is 68.9 cm³/mol. The van der Waals surface area contributed by atoms with Crippen molar-refractivity contribution in [2.45, 2.75) is 25.7 Å². The van der Waals surface area contributed by atoms with Gasteiger partial charge in [0, 0.05) is 33.9 Å². The molecule has 6 heteroatoms. The van der Waals surface area contributed by atoms with Crippen molar-refractivity contribution in [3.05, 3.63) is 0 Å².